The fraction of sp³-hybridized carbons (Fsp3) is 0.417. The third-order valence-electron chi connectivity index (χ3n) is 8.31. The minimum Gasteiger partial charge on any atom is -0.496 e. The number of fused-ring (bicyclic) bond motifs is 1. The van der Waals surface area contributed by atoms with Crippen molar-refractivity contribution in [2.24, 2.45) is 5.92 Å². The third kappa shape index (κ3) is 7.72. The number of ether oxygens (including phenoxy) is 3. The number of carbonyl (C=O) groups excluding carboxylic acids is 1. The molecule has 2 aromatic carbocycles. The largest absolute Gasteiger partial charge is 0.496 e. The Kier molecular flexibility index (Phi) is 11.3. The predicted octanol–water partition coefficient (Wildman–Crippen LogP) is 5.13. The van der Waals surface area contributed by atoms with Gasteiger partial charge in [0.2, 0.25) is 5.91 Å². The summed E-state index contributed by atoms with van der Waals surface area (Å²) in [5, 5.41) is 12.1. The first-order valence-electron chi connectivity index (χ1n) is 16.4. The summed E-state index contributed by atoms with van der Waals surface area (Å²) in [6.07, 6.45) is 2.11. The molecule has 5 aromatic rings. The molecular weight excluding hydrogens is 663 g/mol. The highest BCUT2D eigenvalue weighted by molar-refractivity contribution is 7.21. The van der Waals surface area contributed by atoms with Gasteiger partial charge in [0.15, 0.2) is 0 Å². The lowest BCUT2D eigenvalue weighted by molar-refractivity contribution is -0.129. The van der Waals surface area contributed by atoms with E-state index >= 15 is 0 Å². The molecule has 266 valence electrons. The number of nitrogens with zero attached hydrogens (tertiary/aromatic N) is 5. The Morgan fingerprint density at radius 1 is 1.04 bits per heavy atom. The Balaban J connectivity index is 1.61. The van der Waals surface area contributed by atoms with E-state index in [-0.39, 0.29) is 30.5 Å². The lowest BCUT2D eigenvalue weighted by atomic mass is 10.0. The lowest BCUT2D eigenvalue weighted by Crippen LogP contribution is -2.56. The Bertz CT molecular complexity index is 2060. The fourth-order valence-electron chi connectivity index (χ4n) is 5.68. The molecule has 2 atom stereocenters. The van der Waals surface area contributed by atoms with Crippen molar-refractivity contribution in [3.05, 3.63) is 104 Å². The molecule has 3 aromatic heterocycles. The molecule has 0 fully saturated rings. The molecule has 14 heteroatoms. The van der Waals surface area contributed by atoms with Crippen molar-refractivity contribution in [1.82, 2.24) is 29.4 Å². The second-order valence-electron chi connectivity index (χ2n) is 13.1. The van der Waals surface area contributed by atoms with Crippen molar-refractivity contribution < 1.29 is 23.4 Å². The highest BCUT2D eigenvalue weighted by atomic mass is 32.1. The van der Waals surface area contributed by atoms with E-state index in [0.29, 0.717) is 39.9 Å². The monoisotopic (exact) mass is 706 g/mol. The van der Waals surface area contributed by atoms with Crippen molar-refractivity contribution in [3.8, 4) is 10.8 Å². The molecule has 0 aliphatic rings. The van der Waals surface area contributed by atoms with Gasteiger partial charge in [0.25, 0.3) is 5.56 Å². The Morgan fingerprint density at radius 3 is 2.40 bits per heavy atom. The smallest absolute Gasteiger partial charge is 0.333 e. The molecule has 0 bridgehead atoms. The second kappa shape index (κ2) is 15.5. The Labute approximate surface area is 293 Å². The number of methoxy groups -OCH3 is 1. The van der Waals surface area contributed by atoms with Crippen LogP contribution < -0.4 is 21.3 Å². The van der Waals surface area contributed by atoms with E-state index in [4.69, 9.17) is 14.2 Å². The van der Waals surface area contributed by atoms with E-state index in [1.54, 1.807) is 20.8 Å². The quantitative estimate of drug-likeness (QED) is 0.159. The molecule has 1 amide bonds. The molecule has 0 saturated carbocycles. The van der Waals surface area contributed by atoms with Gasteiger partial charge in [-0.3, -0.25) is 14.2 Å². The predicted molar refractivity (Wildman–Crippen MR) is 190 cm³/mol. The maximum Gasteiger partial charge on any atom is 0.333 e. The lowest BCUT2D eigenvalue weighted by Gasteiger charge is -2.29. The zero-order valence-corrected chi connectivity index (χ0v) is 30.1. The summed E-state index contributed by atoms with van der Waals surface area (Å²) in [5.41, 5.74) is -0.967. The summed E-state index contributed by atoms with van der Waals surface area (Å²) in [6, 6.07) is 13.7. The van der Waals surface area contributed by atoms with Crippen molar-refractivity contribution in [2.45, 2.75) is 72.4 Å². The van der Waals surface area contributed by atoms with Crippen molar-refractivity contribution in [3.63, 3.8) is 0 Å². The first-order chi connectivity index (χ1) is 23.8. The number of rotatable bonds is 15. The molecular formula is C36H43FN6O6S. The molecule has 50 heavy (non-hydrogen) atoms. The van der Waals surface area contributed by atoms with Crippen LogP contribution in [0.1, 0.15) is 57.4 Å². The fourth-order valence-corrected chi connectivity index (χ4v) is 6.90. The van der Waals surface area contributed by atoms with Crippen LogP contribution >= 0.6 is 11.3 Å². The van der Waals surface area contributed by atoms with Gasteiger partial charge in [-0.05, 0) is 58.4 Å². The van der Waals surface area contributed by atoms with E-state index in [9.17, 15) is 18.8 Å². The van der Waals surface area contributed by atoms with Crippen LogP contribution in [-0.4, -0.2) is 56.4 Å². The van der Waals surface area contributed by atoms with Gasteiger partial charge in [-0.15, -0.1) is 4.80 Å². The number of hydrogen-bond acceptors (Lipinski definition) is 9. The van der Waals surface area contributed by atoms with Gasteiger partial charge in [0, 0.05) is 23.1 Å². The van der Waals surface area contributed by atoms with E-state index in [1.807, 2.05) is 37.3 Å². The number of carbonyl (C=O) groups is 1. The zero-order valence-electron chi connectivity index (χ0n) is 29.3. The van der Waals surface area contributed by atoms with Gasteiger partial charge in [-0.25, -0.2) is 13.8 Å². The number of nitrogens with one attached hydrogen (secondary N) is 1. The molecule has 0 aliphatic carbocycles. The van der Waals surface area contributed by atoms with Crippen LogP contribution in [-0.2, 0) is 33.0 Å². The van der Waals surface area contributed by atoms with Crippen molar-refractivity contribution in [2.75, 3.05) is 20.3 Å². The number of amides is 1. The molecule has 1 unspecified atom stereocenters. The number of hydrogen-bond donors (Lipinski definition) is 1. The van der Waals surface area contributed by atoms with Crippen molar-refractivity contribution in [1.29, 1.82) is 0 Å². The highest BCUT2D eigenvalue weighted by Gasteiger charge is 2.36. The van der Waals surface area contributed by atoms with Gasteiger partial charge in [-0.1, -0.05) is 48.6 Å². The van der Waals surface area contributed by atoms with E-state index in [1.165, 1.54) is 60.9 Å². The first kappa shape index (κ1) is 36.6. The van der Waals surface area contributed by atoms with E-state index < -0.39 is 34.6 Å². The maximum absolute atomic E-state index is 14.8. The van der Waals surface area contributed by atoms with Crippen molar-refractivity contribution >= 4 is 27.5 Å². The van der Waals surface area contributed by atoms with E-state index in [0.717, 1.165) is 21.5 Å². The SMILES string of the molecule is COc1ccc(F)cc1[C@H](Cn1c(=O)n(C(C)(C)C(=O)NC(C)C)c(=O)c2c(C)c(-n3nccn3)sc21)OCC(C)COCc1ccccc1. The highest BCUT2D eigenvalue weighted by Crippen LogP contribution is 2.34. The number of aromatic nitrogens is 5. The van der Waals surface area contributed by atoms with Crippen LogP contribution in [0.5, 0.6) is 5.75 Å². The molecule has 0 radical (unpaired) electrons. The average molecular weight is 707 g/mol. The van der Waals surface area contributed by atoms with Gasteiger partial charge >= 0.3 is 5.69 Å². The Morgan fingerprint density at radius 2 is 1.74 bits per heavy atom. The molecule has 1 N–H and O–H groups in total. The van der Waals surface area contributed by atoms with E-state index in [2.05, 4.69) is 15.5 Å². The van der Waals surface area contributed by atoms with Gasteiger partial charge in [-0.2, -0.15) is 10.2 Å². The van der Waals surface area contributed by atoms with Crippen LogP contribution in [0, 0.1) is 18.7 Å². The summed E-state index contributed by atoms with van der Waals surface area (Å²) in [6.45, 7) is 11.3. The summed E-state index contributed by atoms with van der Waals surface area (Å²) >= 11 is 1.16. The van der Waals surface area contributed by atoms with Gasteiger partial charge in [0.05, 0.1) is 51.3 Å². The van der Waals surface area contributed by atoms with Crippen LogP contribution in [0.4, 0.5) is 4.39 Å². The summed E-state index contributed by atoms with van der Waals surface area (Å²) in [4.78, 5) is 44.1. The molecule has 3 heterocycles. The topological polar surface area (TPSA) is 132 Å². The number of benzene rings is 2. The van der Waals surface area contributed by atoms with Crippen LogP contribution in [0.3, 0.4) is 0 Å². The molecule has 12 nitrogen and oxygen atoms in total. The molecule has 0 saturated heterocycles. The Hall–Kier alpha value is -4.66. The molecule has 0 aliphatic heterocycles. The van der Waals surface area contributed by atoms with Gasteiger partial charge in [0.1, 0.15) is 33.0 Å². The minimum absolute atomic E-state index is 0.0772. The van der Waals surface area contributed by atoms with Gasteiger partial charge < -0.3 is 19.5 Å². The van der Waals surface area contributed by atoms with Crippen LogP contribution in [0.2, 0.25) is 0 Å². The summed E-state index contributed by atoms with van der Waals surface area (Å²) < 4.78 is 35.2. The van der Waals surface area contributed by atoms with Crippen LogP contribution in [0.25, 0.3) is 15.2 Å². The average Bonchev–Trinajstić information content (AvgIpc) is 3.73. The minimum atomic E-state index is -1.58. The zero-order chi connectivity index (χ0) is 36.2. The number of aryl methyl sites for hydroxylation is 1. The molecule has 5 rings (SSSR count). The standard InChI is InChI=1S/C36H43FN6O6S/c1-22(2)40-34(45)36(5,6)42-31(44)30-24(4)32(43-38-15-16-39-43)50-33(30)41(35(42)46)18-29(27-17-26(37)13-14-28(27)47-7)49-20-23(3)19-48-21-25-11-9-8-10-12-25/h8-17,22-23,29H,18-21H2,1-7H3,(H,40,45)/t23?,29-/m0/s1. The van der Waals surface area contributed by atoms with Crippen LogP contribution in [0.15, 0.2) is 70.5 Å². The normalized spacial score (nSPS) is 13.1. The number of thiophene rings is 1. The first-order valence-corrected chi connectivity index (χ1v) is 17.2. The number of halogens is 1. The summed E-state index contributed by atoms with van der Waals surface area (Å²) in [7, 11) is 1.47. The third-order valence-corrected chi connectivity index (χ3v) is 9.59. The molecule has 0 spiro atoms. The second-order valence-corrected chi connectivity index (χ2v) is 14.0. The summed E-state index contributed by atoms with van der Waals surface area (Å²) in [5.74, 6) is -0.723. The maximum atomic E-state index is 14.8.